The van der Waals surface area contributed by atoms with Crippen molar-refractivity contribution in [3.63, 3.8) is 0 Å². The van der Waals surface area contributed by atoms with Crippen LogP contribution >= 0.6 is 0 Å². The summed E-state index contributed by atoms with van der Waals surface area (Å²) in [5, 5.41) is 0. The Bertz CT molecular complexity index is 464. The molecule has 1 heteroatoms. The Morgan fingerprint density at radius 1 is 1.25 bits per heavy atom. The Kier molecular flexibility index (Phi) is 3.74. The molecule has 0 aromatic heterocycles. The van der Waals surface area contributed by atoms with E-state index in [1.54, 1.807) is 17.6 Å². The summed E-state index contributed by atoms with van der Waals surface area (Å²) in [6.45, 7) is 9.27. The Morgan fingerprint density at radius 2 is 2.00 bits per heavy atom. The molecule has 0 spiro atoms. The molecule has 0 heterocycles. The van der Waals surface area contributed by atoms with Crippen molar-refractivity contribution >= 4 is 3.21 Å². The van der Waals surface area contributed by atoms with Crippen LogP contribution in [0.3, 0.4) is 0 Å². The second-order valence-electron chi connectivity index (χ2n) is 5.03. The Morgan fingerprint density at radius 3 is 2.44 bits per heavy atom. The van der Waals surface area contributed by atoms with Crippen LogP contribution in [0.1, 0.15) is 40.5 Å². The Balaban J connectivity index is 2.38. The standard InChI is InChI=1S/C7H9.C5H5.C3H6.Zr/c1-6-3-4-7(2)5-6;1-2-4-5-3-1;1-3-2;/h5H,3H2,1-2H3;1-3H,4H2;1-2H3;. The van der Waals surface area contributed by atoms with Gasteiger partial charge in [-0.05, 0) is 0 Å². The van der Waals surface area contributed by atoms with E-state index < -0.39 is 21.3 Å². The molecular weight excluding hydrogens is 271 g/mol. The fourth-order valence-electron chi connectivity index (χ4n) is 2.66. The van der Waals surface area contributed by atoms with Gasteiger partial charge in [-0.15, -0.1) is 0 Å². The second-order valence-corrected chi connectivity index (χ2v) is 12.4. The zero-order valence-corrected chi connectivity index (χ0v) is 13.2. The topological polar surface area (TPSA) is 0 Å². The van der Waals surface area contributed by atoms with Crippen molar-refractivity contribution in [3.8, 4) is 0 Å². The predicted molar refractivity (Wildman–Crippen MR) is 69.3 cm³/mol. The SMILES string of the molecule is CC1=CC(C)=[C]([Zr]([C]2=CC=CC2)=[C](C)C)C1. The molecular formula is C15H20Zr. The van der Waals surface area contributed by atoms with Crippen molar-refractivity contribution in [2.45, 2.75) is 40.5 Å². The maximum atomic E-state index is 2.39. The molecule has 0 atom stereocenters. The summed E-state index contributed by atoms with van der Waals surface area (Å²) in [6.07, 6.45) is 11.8. The maximum absolute atomic E-state index is 2.39. The molecule has 0 fully saturated rings. The summed E-state index contributed by atoms with van der Waals surface area (Å²) in [7, 11) is 0. The molecule has 0 aromatic rings. The van der Waals surface area contributed by atoms with Crippen LogP contribution in [0.2, 0.25) is 0 Å². The van der Waals surface area contributed by atoms with Crippen LogP contribution in [0.15, 0.2) is 42.0 Å². The molecule has 2 aliphatic carbocycles. The minimum atomic E-state index is -1.61. The molecule has 0 radical (unpaired) electrons. The normalized spacial score (nSPS) is 19.0. The van der Waals surface area contributed by atoms with Crippen molar-refractivity contribution in [1.82, 2.24) is 0 Å². The minimum absolute atomic E-state index is 1.22. The fourth-order valence-corrected chi connectivity index (χ4v) is 10.4. The Labute approximate surface area is 107 Å². The van der Waals surface area contributed by atoms with E-state index >= 15 is 0 Å². The van der Waals surface area contributed by atoms with E-state index in [2.05, 4.69) is 52.0 Å². The van der Waals surface area contributed by atoms with E-state index in [9.17, 15) is 0 Å². The summed E-state index contributed by atoms with van der Waals surface area (Å²) in [4.78, 5) is 0. The first-order chi connectivity index (χ1) is 7.59. The summed E-state index contributed by atoms with van der Waals surface area (Å²) < 4.78 is 5.30. The first-order valence-corrected chi connectivity index (χ1v) is 9.69. The molecule has 2 rings (SSSR count). The van der Waals surface area contributed by atoms with Gasteiger partial charge < -0.3 is 0 Å². The predicted octanol–water partition coefficient (Wildman–Crippen LogP) is 4.28. The van der Waals surface area contributed by atoms with Crippen LogP contribution in [0.4, 0.5) is 0 Å². The van der Waals surface area contributed by atoms with Crippen molar-refractivity contribution in [2.24, 2.45) is 0 Å². The van der Waals surface area contributed by atoms with Gasteiger partial charge in [0.25, 0.3) is 0 Å². The van der Waals surface area contributed by atoms with E-state index in [1.807, 2.05) is 3.28 Å². The van der Waals surface area contributed by atoms with E-state index in [0.717, 1.165) is 0 Å². The third kappa shape index (κ3) is 2.35. The van der Waals surface area contributed by atoms with Gasteiger partial charge in [-0.3, -0.25) is 0 Å². The van der Waals surface area contributed by atoms with E-state index in [0.29, 0.717) is 0 Å². The number of hydrogen-bond acceptors (Lipinski definition) is 0. The molecule has 0 bridgehead atoms. The van der Waals surface area contributed by atoms with E-state index in [4.69, 9.17) is 0 Å². The third-order valence-corrected chi connectivity index (χ3v) is 11.1. The molecule has 0 unspecified atom stereocenters. The van der Waals surface area contributed by atoms with Crippen LogP contribution in [0, 0.1) is 0 Å². The molecule has 0 amide bonds. The van der Waals surface area contributed by atoms with Gasteiger partial charge >= 0.3 is 107 Å². The van der Waals surface area contributed by atoms with Gasteiger partial charge in [-0.1, -0.05) is 0 Å². The first-order valence-electron chi connectivity index (χ1n) is 6.00. The van der Waals surface area contributed by atoms with Gasteiger partial charge in [0, 0.05) is 0 Å². The van der Waals surface area contributed by atoms with Crippen LogP contribution < -0.4 is 0 Å². The third-order valence-electron chi connectivity index (χ3n) is 3.29. The summed E-state index contributed by atoms with van der Waals surface area (Å²) in [5.74, 6) is 0. The number of allylic oxidation sites excluding steroid dienone is 8. The van der Waals surface area contributed by atoms with Crippen LogP contribution in [0.5, 0.6) is 0 Å². The van der Waals surface area contributed by atoms with Crippen molar-refractivity contribution in [1.29, 1.82) is 0 Å². The molecule has 16 heavy (non-hydrogen) atoms. The molecule has 2 aliphatic rings. The molecule has 0 saturated heterocycles. The summed E-state index contributed by atoms with van der Waals surface area (Å²) in [5.41, 5.74) is 3.12. The average molecular weight is 292 g/mol. The fraction of sp³-hybridized carbons (Fsp3) is 0.400. The second kappa shape index (κ2) is 4.92. The van der Waals surface area contributed by atoms with Crippen molar-refractivity contribution < 1.29 is 21.3 Å². The summed E-state index contributed by atoms with van der Waals surface area (Å²) in [6, 6.07) is 0. The zero-order chi connectivity index (χ0) is 11.7. The average Bonchev–Trinajstić information content (AvgIpc) is 2.78. The van der Waals surface area contributed by atoms with Gasteiger partial charge in [0.1, 0.15) is 0 Å². The Hall–Kier alpha value is -0.287. The van der Waals surface area contributed by atoms with Gasteiger partial charge in [0.15, 0.2) is 0 Å². The van der Waals surface area contributed by atoms with Gasteiger partial charge in [0.2, 0.25) is 0 Å². The molecule has 84 valence electrons. The monoisotopic (exact) mass is 290 g/mol. The zero-order valence-electron chi connectivity index (χ0n) is 10.7. The van der Waals surface area contributed by atoms with Gasteiger partial charge in [-0.2, -0.15) is 0 Å². The van der Waals surface area contributed by atoms with E-state index in [-0.39, 0.29) is 0 Å². The van der Waals surface area contributed by atoms with Crippen LogP contribution in [-0.2, 0) is 21.3 Å². The molecule has 0 aromatic carbocycles. The molecule has 0 N–H and O–H groups in total. The van der Waals surface area contributed by atoms with E-state index in [1.165, 1.54) is 12.8 Å². The van der Waals surface area contributed by atoms with Crippen LogP contribution in [-0.4, -0.2) is 3.21 Å². The van der Waals surface area contributed by atoms with Gasteiger partial charge in [0.05, 0.1) is 0 Å². The number of rotatable bonds is 2. The van der Waals surface area contributed by atoms with Gasteiger partial charge in [-0.25, -0.2) is 0 Å². The summed E-state index contributed by atoms with van der Waals surface area (Å²) >= 11 is -1.61. The molecule has 0 nitrogen and oxygen atoms in total. The van der Waals surface area contributed by atoms with Crippen molar-refractivity contribution in [3.05, 3.63) is 42.0 Å². The first kappa shape index (κ1) is 12.2. The number of hydrogen-bond donors (Lipinski definition) is 0. The van der Waals surface area contributed by atoms with Crippen molar-refractivity contribution in [2.75, 3.05) is 0 Å². The quantitative estimate of drug-likeness (QED) is 0.712. The molecule has 0 saturated carbocycles. The van der Waals surface area contributed by atoms with Crippen LogP contribution in [0.25, 0.3) is 0 Å². The molecule has 0 aliphatic heterocycles.